The molecule has 0 N–H and O–H groups in total. The van der Waals surface area contributed by atoms with Gasteiger partial charge in [-0.2, -0.15) is 0 Å². The lowest BCUT2D eigenvalue weighted by Crippen LogP contribution is -2.17. The quantitative estimate of drug-likeness (QED) is 0.583. The van der Waals surface area contributed by atoms with Gasteiger partial charge in [-0.3, -0.25) is 9.59 Å². The van der Waals surface area contributed by atoms with Crippen molar-refractivity contribution in [1.29, 1.82) is 0 Å². The molecular weight excluding hydrogens is 354 g/mol. The van der Waals surface area contributed by atoms with Crippen LogP contribution in [0.25, 0.3) is 0 Å². The highest BCUT2D eigenvalue weighted by Crippen LogP contribution is 2.32. The molecule has 3 heterocycles. The van der Waals surface area contributed by atoms with Gasteiger partial charge in [0, 0.05) is 25.7 Å². The Morgan fingerprint density at radius 2 is 1.32 bits per heavy atom. The Kier molecular flexibility index (Phi) is 5.47. The average Bonchev–Trinajstić information content (AvgIpc) is 3.00. The van der Waals surface area contributed by atoms with Gasteiger partial charge in [-0.15, -0.1) is 0 Å². The Balaban J connectivity index is 1.58. The van der Waals surface area contributed by atoms with E-state index in [0.717, 1.165) is 0 Å². The van der Waals surface area contributed by atoms with E-state index in [1.807, 2.05) is 45.9 Å². The van der Waals surface area contributed by atoms with Gasteiger partial charge in [0.1, 0.15) is 22.6 Å². The first-order valence-corrected chi connectivity index (χ1v) is 9.54. The van der Waals surface area contributed by atoms with Crippen LogP contribution in [0.3, 0.4) is 0 Å². The maximum atomic E-state index is 11.8. The summed E-state index contributed by atoms with van der Waals surface area (Å²) < 4.78 is 10.6. The summed E-state index contributed by atoms with van der Waals surface area (Å²) in [6.45, 7) is 7.64. The van der Waals surface area contributed by atoms with Crippen LogP contribution in [-0.2, 0) is 19.1 Å². The van der Waals surface area contributed by atoms with Crippen molar-refractivity contribution in [2.24, 2.45) is 11.8 Å². The number of hydrogen-bond acceptors (Lipinski definition) is 5. The first-order valence-electron chi connectivity index (χ1n) is 9.54. The summed E-state index contributed by atoms with van der Waals surface area (Å²) >= 11 is 0. The maximum Gasteiger partial charge on any atom is 0.310 e. The first-order chi connectivity index (χ1) is 13.1. The zero-order valence-electron chi connectivity index (χ0n) is 16.8. The molecule has 2 unspecified atom stereocenters. The maximum absolute atomic E-state index is 11.8. The summed E-state index contributed by atoms with van der Waals surface area (Å²) in [5.41, 5.74) is 0.411. The van der Waals surface area contributed by atoms with Crippen molar-refractivity contribution in [1.82, 2.24) is 4.98 Å². The van der Waals surface area contributed by atoms with Gasteiger partial charge in [0.15, 0.2) is 0 Å². The van der Waals surface area contributed by atoms with Crippen LogP contribution in [0.4, 0.5) is 0 Å². The largest absolute Gasteiger partial charge is 0.459 e. The lowest BCUT2D eigenvalue weighted by atomic mass is 9.95. The van der Waals surface area contributed by atoms with Crippen molar-refractivity contribution in [3.05, 3.63) is 29.6 Å². The Hall–Kier alpha value is -2.79. The topological polar surface area (TPSA) is 65.5 Å². The van der Waals surface area contributed by atoms with Gasteiger partial charge in [0.25, 0.3) is 0 Å². The molecule has 5 nitrogen and oxygen atoms in total. The molecule has 146 valence electrons. The molecular formula is C23H25NO4. The molecule has 28 heavy (non-hydrogen) atoms. The highest BCUT2D eigenvalue weighted by molar-refractivity contribution is 5.76. The molecule has 2 saturated heterocycles. The zero-order valence-corrected chi connectivity index (χ0v) is 16.8. The molecule has 1 aromatic rings. The molecule has 2 aliphatic rings. The number of esters is 2. The number of nitrogens with zero attached hydrogens (tertiary/aromatic N) is 1. The highest BCUT2D eigenvalue weighted by atomic mass is 16.6. The molecule has 0 amide bonds. The first kappa shape index (κ1) is 20.0. The Bertz CT molecular complexity index is 837. The van der Waals surface area contributed by atoms with E-state index in [9.17, 15) is 9.59 Å². The summed E-state index contributed by atoms with van der Waals surface area (Å²) in [4.78, 5) is 28.1. The minimum atomic E-state index is -0.405. The number of pyridine rings is 1. The highest BCUT2D eigenvalue weighted by Gasteiger charge is 2.40. The van der Waals surface area contributed by atoms with Crippen molar-refractivity contribution < 1.29 is 19.1 Å². The fraction of sp³-hybridized carbons (Fsp3) is 0.522. The number of ether oxygens (including phenoxy) is 2. The minimum Gasteiger partial charge on any atom is -0.459 e. The van der Waals surface area contributed by atoms with Crippen molar-refractivity contribution >= 4 is 11.9 Å². The predicted octanol–water partition coefficient (Wildman–Crippen LogP) is 3.25. The normalized spacial score (nSPS) is 24.4. The third-order valence-corrected chi connectivity index (χ3v) is 4.78. The Morgan fingerprint density at radius 1 is 0.893 bits per heavy atom. The van der Waals surface area contributed by atoms with Gasteiger partial charge >= 0.3 is 11.9 Å². The van der Waals surface area contributed by atoms with Crippen LogP contribution in [0.2, 0.25) is 0 Å². The van der Waals surface area contributed by atoms with Crippen LogP contribution in [-0.4, -0.2) is 28.1 Å². The standard InChI is InChI=1S/C23H25NO4/c1-22(2)14-16(20(25)27-22)8-5-10-18-12-7-13-19(24-18)11-6-9-17-15-23(3,4)28-21(17)26/h7,12-13,16-17H,8-9,14-15H2,1-4H3. The van der Waals surface area contributed by atoms with Gasteiger partial charge in [-0.25, -0.2) is 4.98 Å². The van der Waals surface area contributed by atoms with E-state index in [2.05, 4.69) is 28.7 Å². The molecule has 0 aromatic carbocycles. The molecule has 0 aliphatic carbocycles. The molecule has 2 fully saturated rings. The second-order valence-electron chi connectivity index (χ2n) is 8.58. The van der Waals surface area contributed by atoms with Crippen molar-refractivity contribution in [2.75, 3.05) is 0 Å². The average molecular weight is 379 g/mol. The number of cyclic esters (lactones) is 2. The molecule has 5 heteroatoms. The molecule has 3 rings (SSSR count). The van der Waals surface area contributed by atoms with E-state index in [4.69, 9.17) is 9.47 Å². The summed E-state index contributed by atoms with van der Waals surface area (Å²) in [6.07, 6.45) is 2.28. The monoisotopic (exact) mass is 379 g/mol. The molecule has 1 aromatic heterocycles. The van der Waals surface area contributed by atoms with Crippen molar-refractivity contribution in [3.8, 4) is 23.7 Å². The van der Waals surface area contributed by atoms with Crippen LogP contribution in [0.5, 0.6) is 0 Å². The summed E-state index contributed by atoms with van der Waals surface area (Å²) in [5, 5.41) is 0. The number of hydrogen-bond donors (Lipinski definition) is 0. The van der Waals surface area contributed by atoms with Crippen LogP contribution >= 0.6 is 0 Å². The van der Waals surface area contributed by atoms with Crippen LogP contribution in [0.15, 0.2) is 18.2 Å². The fourth-order valence-corrected chi connectivity index (χ4v) is 3.56. The number of carbonyl (C=O) groups excluding carboxylic acids is 2. The third kappa shape index (κ3) is 5.14. The van der Waals surface area contributed by atoms with Crippen LogP contribution in [0.1, 0.15) is 64.8 Å². The van der Waals surface area contributed by atoms with Gasteiger partial charge in [-0.05, 0) is 51.7 Å². The molecule has 0 bridgehead atoms. The summed E-state index contributed by atoms with van der Waals surface area (Å²) in [5.74, 6) is 11.3. The lowest BCUT2D eigenvalue weighted by molar-refractivity contribution is -0.149. The van der Waals surface area contributed by atoms with E-state index in [0.29, 0.717) is 37.1 Å². The summed E-state index contributed by atoms with van der Waals surface area (Å²) in [6, 6.07) is 5.47. The predicted molar refractivity (Wildman–Crippen MR) is 104 cm³/mol. The SMILES string of the molecule is CC1(C)CC(CC#Cc2cccc(C#CCC3CC(C)(C)OC3=O)n2)C(=O)O1. The minimum absolute atomic E-state index is 0.180. The van der Waals surface area contributed by atoms with Gasteiger partial charge in [-0.1, -0.05) is 17.9 Å². The van der Waals surface area contributed by atoms with E-state index in [-0.39, 0.29) is 23.8 Å². The lowest BCUT2D eigenvalue weighted by Gasteiger charge is -2.14. The van der Waals surface area contributed by atoms with E-state index in [1.54, 1.807) is 0 Å². The van der Waals surface area contributed by atoms with Gasteiger partial charge in [0.05, 0.1) is 11.8 Å². The second kappa shape index (κ2) is 7.68. The second-order valence-corrected chi connectivity index (χ2v) is 8.58. The molecule has 0 spiro atoms. The molecule has 0 saturated carbocycles. The molecule has 0 radical (unpaired) electrons. The number of aromatic nitrogens is 1. The Morgan fingerprint density at radius 3 is 1.68 bits per heavy atom. The zero-order chi connectivity index (χ0) is 20.4. The number of carbonyl (C=O) groups is 2. The van der Waals surface area contributed by atoms with Crippen LogP contribution in [0, 0.1) is 35.5 Å². The smallest absolute Gasteiger partial charge is 0.310 e. The Labute approximate surface area is 166 Å². The summed E-state index contributed by atoms with van der Waals surface area (Å²) in [7, 11) is 0. The van der Waals surface area contributed by atoms with E-state index in [1.165, 1.54) is 0 Å². The molecule has 2 aliphatic heterocycles. The number of rotatable bonds is 2. The van der Waals surface area contributed by atoms with E-state index >= 15 is 0 Å². The van der Waals surface area contributed by atoms with Crippen molar-refractivity contribution in [3.63, 3.8) is 0 Å². The van der Waals surface area contributed by atoms with Crippen LogP contribution < -0.4 is 0 Å². The van der Waals surface area contributed by atoms with Gasteiger partial charge in [0.2, 0.25) is 0 Å². The van der Waals surface area contributed by atoms with Crippen molar-refractivity contribution in [2.45, 2.75) is 64.6 Å². The van der Waals surface area contributed by atoms with E-state index < -0.39 is 11.2 Å². The van der Waals surface area contributed by atoms with Gasteiger partial charge < -0.3 is 9.47 Å². The fourth-order valence-electron chi connectivity index (χ4n) is 3.56. The molecule has 2 atom stereocenters. The third-order valence-electron chi connectivity index (χ3n) is 4.78.